The molecule has 0 unspecified atom stereocenters. The van der Waals surface area contributed by atoms with Gasteiger partial charge in [-0.1, -0.05) is 30.3 Å². The first-order valence-corrected chi connectivity index (χ1v) is 4.11. The normalized spacial score (nSPS) is 9.14. The van der Waals surface area contributed by atoms with E-state index in [4.69, 9.17) is 0 Å². The summed E-state index contributed by atoms with van der Waals surface area (Å²) in [7, 11) is 0. The van der Waals surface area contributed by atoms with Crippen LogP contribution in [0.3, 0.4) is 0 Å². The van der Waals surface area contributed by atoms with Crippen molar-refractivity contribution in [2.75, 3.05) is 0 Å². The first-order valence-electron chi connectivity index (χ1n) is 4.11. The third-order valence-corrected chi connectivity index (χ3v) is 1.90. The van der Waals surface area contributed by atoms with Crippen LogP contribution in [0.25, 0.3) is 11.1 Å². The predicted molar refractivity (Wildman–Crippen MR) is 58.3 cm³/mol. The molecule has 0 amide bonds. The maximum absolute atomic E-state index is 11.4. The van der Waals surface area contributed by atoms with Crippen LogP contribution in [0.1, 0.15) is 0 Å². The quantitative estimate of drug-likeness (QED) is 0.688. The molecule has 0 bridgehead atoms. The maximum atomic E-state index is 11.4. The Labute approximate surface area is 104 Å². The zero-order chi connectivity index (χ0) is 9.10. The van der Waals surface area contributed by atoms with Crippen LogP contribution in [-0.2, 0) is 0 Å². The van der Waals surface area contributed by atoms with Crippen molar-refractivity contribution in [2.24, 2.45) is 0 Å². The van der Waals surface area contributed by atoms with E-state index in [1.807, 2.05) is 42.5 Å². The number of nitrogens with one attached hydrogen (secondary N) is 1. The molecule has 3 heteroatoms. The van der Waals surface area contributed by atoms with E-state index >= 15 is 0 Å². The van der Waals surface area contributed by atoms with Gasteiger partial charge in [-0.3, -0.25) is 4.79 Å². The molecule has 1 aromatic heterocycles. The van der Waals surface area contributed by atoms with Gasteiger partial charge in [-0.25, -0.2) is 0 Å². The van der Waals surface area contributed by atoms with E-state index in [2.05, 4.69) is 4.98 Å². The van der Waals surface area contributed by atoms with Gasteiger partial charge in [0.2, 0.25) is 0 Å². The summed E-state index contributed by atoms with van der Waals surface area (Å²) in [4.78, 5) is 14.0. The van der Waals surface area contributed by atoms with Crippen LogP contribution in [0, 0.1) is 0 Å². The van der Waals surface area contributed by atoms with Gasteiger partial charge in [0.05, 0.1) is 0 Å². The number of pyridine rings is 1. The molecular weight excluding hydrogens is 185 g/mol. The fraction of sp³-hybridized carbons (Fsp3) is 0. The van der Waals surface area contributed by atoms with Crippen LogP contribution in [0.4, 0.5) is 0 Å². The SMILES string of the molecule is O=c1[nH]cccc1-c1ccccc1.[Na]. The number of rotatable bonds is 1. The van der Waals surface area contributed by atoms with Crippen molar-refractivity contribution < 1.29 is 0 Å². The second-order valence-corrected chi connectivity index (χ2v) is 2.78. The summed E-state index contributed by atoms with van der Waals surface area (Å²) in [5.74, 6) is 0. The first kappa shape index (κ1) is 11.2. The number of aromatic nitrogens is 1. The summed E-state index contributed by atoms with van der Waals surface area (Å²) in [5.41, 5.74) is 1.61. The smallest absolute Gasteiger partial charge is 0.255 e. The van der Waals surface area contributed by atoms with Crippen LogP contribution in [-0.4, -0.2) is 34.5 Å². The minimum Gasteiger partial charge on any atom is -0.329 e. The molecule has 0 aliphatic carbocycles. The molecule has 0 fully saturated rings. The van der Waals surface area contributed by atoms with Gasteiger partial charge in [-0.2, -0.15) is 0 Å². The van der Waals surface area contributed by atoms with Crippen LogP contribution in [0.2, 0.25) is 0 Å². The van der Waals surface area contributed by atoms with Gasteiger partial charge in [0.25, 0.3) is 5.56 Å². The molecule has 0 atom stereocenters. The van der Waals surface area contributed by atoms with E-state index in [1.165, 1.54) is 0 Å². The molecule has 0 aliphatic rings. The van der Waals surface area contributed by atoms with Gasteiger partial charge in [-0.15, -0.1) is 0 Å². The summed E-state index contributed by atoms with van der Waals surface area (Å²) in [6.07, 6.45) is 1.63. The van der Waals surface area contributed by atoms with Crippen molar-refractivity contribution in [3.63, 3.8) is 0 Å². The van der Waals surface area contributed by atoms with Gasteiger partial charge < -0.3 is 4.98 Å². The average Bonchev–Trinajstić information content (AvgIpc) is 2.20. The molecule has 1 radical (unpaired) electrons. The van der Waals surface area contributed by atoms with Gasteiger partial charge in [0, 0.05) is 41.3 Å². The molecule has 1 N–H and O–H groups in total. The Morgan fingerprint density at radius 2 is 1.64 bits per heavy atom. The molecule has 14 heavy (non-hydrogen) atoms. The first-order chi connectivity index (χ1) is 6.38. The van der Waals surface area contributed by atoms with Gasteiger partial charge in [0.15, 0.2) is 0 Å². The number of hydrogen-bond acceptors (Lipinski definition) is 1. The van der Waals surface area contributed by atoms with Gasteiger partial charge in [0.1, 0.15) is 0 Å². The number of aromatic amines is 1. The summed E-state index contributed by atoms with van der Waals surface area (Å²) >= 11 is 0. The van der Waals surface area contributed by atoms with Crippen LogP contribution in [0.5, 0.6) is 0 Å². The van der Waals surface area contributed by atoms with Gasteiger partial charge in [-0.05, 0) is 17.7 Å². The van der Waals surface area contributed by atoms with E-state index in [1.54, 1.807) is 6.20 Å². The largest absolute Gasteiger partial charge is 0.329 e. The summed E-state index contributed by atoms with van der Waals surface area (Å²) in [6.45, 7) is 0. The molecule has 1 aromatic carbocycles. The monoisotopic (exact) mass is 194 g/mol. The molecule has 0 aliphatic heterocycles. The molecule has 0 spiro atoms. The Morgan fingerprint density at radius 3 is 2.29 bits per heavy atom. The van der Waals surface area contributed by atoms with E-state index in [0.717, 1.165) is 5.56 Å². The maximum Gasteiger partial charge on any atom is 0.255 e. The third-order valence-electron chi connectivity index (χ3n) is 1.90. The molecule has 1 heterocycles. The summed E-state index contributed by atoms with van der Waals surface area (Å²) in [6, 6.07) is 13.2. The molecule has 0 saturated heterocycles. The number of benzene rings is 1. The summed E-state index contributed by atoms with van der Waals surface area (Å²) < 4.78 is 0. The number of hydrogen-bond donors (Lipinski definition) is 1. The Morgan fingerprint density at radius 1 is 0.929 bits per heavy atom. The van der Waals surface area contributed by atoms with Crippen LogP contribution in [0.15, 0.2) is 53.5 Å². The van der Waals surface area contributed by atoms with Gasteiger partial charge >= 0.3 is 0 Å². The van der Waals surface area contributed by atoms with Crippen molar-refractivity contribution in [1.29, 1.82) is 0 Å². The predicted octanol–water partition coefficient (Wildman–Crippen LogP) is 1.66. The zero-order valence-corrected chi connectivity index (χ0v) is 10.0. The molecule has 2 aromatic rings. The molecule has 2 nitrogen and oxygen atoms in total. The molecule has 2 rings (SSSR count). The molecule has 0 saturated carbocycles. The topological polar surface area (TPSA) is 32.9 Å². The summed E-state index contributed by atoms with van der Waals surface area (Å²) in [5, 5.41) is 0. The Hall–Kier alpha value is -0.830. The molecular formula is C11H9NNaO. The Kier molecular flexibility index (Phi) is 4.14. The zero-order valence-electron chi connectivity index (χ0n) is 8.03. The molecule has 65 valence electrons. The van der Waals surface area contributed by atoms with Crippen molar-refractivity contribution in [3.8, 4) is 11.1 Å². The van der Waals surface area contributed by atoms with Crippen molar-refractivity contribution >= 4 is 29.6 Å². The van der Waals surface area contributed by atoms with E-state index in [-0.39, 0.29) is 35.1 Å². The van der Waals surface area contributed by atoms with Crippen LogP contribution < -0.4 is 5.56 Å². The number of H-pyrrole nitrogens is 1. The third kappa shape index (κ3) is 2.35. The standard InChI is InChI=1S/C11H9NO.Na/c13-11-10(7-4-8-12-11)9-5-2-1-3-6-9;/h1-8H,(H,12,13);. The fourth-order valence-corrected chi connectivity index (χ4v) is 1.27. The van der Waals surface area contributed by atoms with Crippen molar-refractivity contribution in [1.82, 2.24) is 4.98 Å². The Balaban J connectivity index is 0.000000980. The van der Waals surface area contributed by atoms with Crippen molar-refractivity contribution in [3.05, 3.63) is 59.0 Å². The minimum atomic E-state index is -0.0475. The van der Waals surface area contributed by atoms with E-state index < -0.39 is 0 Å². The van der Waals surface area contributed by atoms with E-state index in [0.29, 0.717) is 5.56 Å². The second kappa shape index (κ2) is 5.15. The van der Waals surface area contributed by atoms with Crippen molar-refractivity contribution in [2.45, 2.75) is 0 Å². The minimum absolute atomic E-state index is 0. The van der Waals surface area contributed by atoms with Crippen LogP contribution >= 0.6 is 0 Å². The van der Waals surface area contributed by atoms with E-state index in [9.17, 15) is 4.79 Å². The average molecular weight is 194 g/mol. The Bertz CT molecular complexity index is 450. The second-order valence-electron chi connectivity index (χ2n) is 2.78. The fourth-order valence-electron chi connectivity index (χ4n) is 1.27.